The SMILES string of the molecule is Cc1cc(NC(=O)Cn2ccc3ccccc32)n([C@@H]2CCS(=O)(=O)C2)n1. The summed E-state index contributed by atoms with van der Waals surface area (Å²) >= 11 is 0. The van der Waals surface area contributed by atoms with E-state index in [1.54, 1.807) is 10.7 Å². The average Bonchev–Trinajstić information content (AvgIpc) is 3.25. The summed E-state index contributed by atoms with van der Waals surface area (Å²) in [4.78, 5) is 12.5. The normalized spacial score (nSPS) is 19.0. The smallest absolute Gasteiger partial charge is 0.245 e. The number of para-hydroxylation sites is 1. The van der Waals surface area contributed by atoms with Crippen LogP contribution < -0.4 is 5.32 Å². The van der Waals surface area contributed by atoms with E-state index in [0.29, 0.717) is 12.2 Å². The number of aromatic nitrogens is 3. The number of aryl methyl sites for hydroxylation is 1. The molecule has 8 heteroatoms. The second-order valence-corrected chi connectivity index (χ2v) is 8.95. The molecule has 0 unspecified atom stereocenters. The van der Waals surface area contributed by atoms with Gasteiger partial charge in [-0.1, -0.05) is 18.2 Å². The zero-order chi connectivity index (χ0) is 18.3. The Labute approximate surface area is 151 Å². The second-order valence-electron chi connectivity index (χ2n) is 6.72. The fraction of sp³-hybridized carbons (Fsp3) is 0.333. The van der Waals surface area contributed by atoms with Crippen LogP contribution in [0.4, 0.5) is 5.82 Å². The number of carbonyl (C=O) groups excluding carboxylic acids is 1. The maximum absolute atomic E-state index is 12.5. The van der Waals surface area contributed by atoms with Gasteiger partial charge in [-0.15, -0.1) is 0 Å². The van der Waals surface area contributed by atoms with E-state index in [2.05, 4.69) is 10.4 Å². The summed E-state index contributed by atoms with van der Waals surface area (Å²) in [7, 11) is -3.02. The van der Waals surface area contributed by atoms with Crippen molar-refractivity contribution in [2.75, 3.05) is 16.8 Å². The van der Waals surface area contributed by atoms with Gasteiger partial charge in [-0.25, -0.2) is 13.1 Å². The third-order valence-electron chi connectivity index (χ3n) is 4.67. The first-order valence-electron chi connectivity index (χ1n) is 8.52. The van der Waals surface area contributed by atoms with Gasteiger partial charge in [0.25, 0.3) is 0 Å². The highest BCUT2D eigenvalue weighted by Crippen LogP contribution is 2.27. The standard InChI is InChI=1S/C18H20N4O3S/c1-13-10-17(22(20-13)15-7-9-26(24,25)12-15)19-18(23)11-21-8-6-14-4-2-3-5-16(14)21/h2-6,8,10,15H,7,9,11-12H2,1H3,(H,19,23)/t15-/m1/s1. The number of nitrogens with one attached hydrogen (secondary N) is 1. The molecular weight excluding hydrogens is 352 g/mol. The summed E-state index contributed by atoms with van der Waals surface area (Å²) in [6, 6.07) is 11.4. The third-order valence-corrected chi connectivity index (χ3v) is 6.42. The maximum Gasteiger partial charge on any atom is 0.245 e. The van der Waals surface area contributed by atoms with Crippen molar-refractivity contribution in [3.8, 4) is 0 Å². The molecule has 3 aromatic rings. The van der Waals surface area contributed by atoms with Crippen molar-refractivity contribution >= 4 is 32.5 Å². The number of fused-ring (bicyclic) bond motifs is 1. The zero-order valence-corrected chi connectivity index (χ0v) is 15.2. The average molecular weight is 372 g/mol. The van der Waals surface area contributed by atoms with Gasteiger partial charge >= 0.3 is 0 Å². The fourth-order valence-corrected chi connectivity index (χ4v) is 5.16. The van der Waals surface area contributed by atoms with Crippen molar-refractivity contribution in [1.82, 2.24) is 14.3 Å². The lowest BCUT2D eigenvalue weighted by molar-refractivity contribution is -0.116. The fourth-order valence-electron chi connectivity index (χ4n) is 3.47. The van der Waals surface area contributed by atoms with Crippen LogP contribution in [-0.2, 0) is 21.2 Å². The monoisotopic (exact) mass is 372 g/mol. The van der Waals surface area contributed by atoms with E-state index in [0.717, 1.165) is 16.6 Å². The molecule has 3 heterocycles. The van der Waals surface area contributed by atoms with E-state index in [-0.39, 0.29) is 30.0 Å². The number of amides is 1. The number of anilines is 1. The number of rotatable bonds is 4. The Kier molecular flexibility index (Phi) is 4.07. The molecule has 0 saturated carbocycles. The van der Waals surface area contributed by atoms with Gasteiger partial charge in [0.2, 0.25) is 5.91 Å². The lowest BCUT2D eigenvalue weighted by Crippen LogP contribution is -2.22. The topological polar surface area (TPSA) is 86.0 Å². The highest BCUT2D eigenvalue weighted by molar-refractivity contribution is 7.91. The van der Waals surface area contributed by atoms with Crippen LogP contribution in [0.3, 0.4) is 0 Å². The van der Waals surface area contributed by atoms with Gasteiger partial charge in [0.05, 0.1) is 23.2 Å². The van der Waals surface area contributed by atoms with Crippen molar-refractivity contribution in [2.45, 2.75) is 25.9 Å². The van der Waals surface area contributed by atoms with E-state index < -0.39 is 9.84 Å². The Hall–Kier alpha value is -2.61. The highest BCUT2D eigenvalue weighted by atomic mass is 32.2. The first kappa shape index (κ1) is 16.8. The number of benzene rings is 1. The highest BCUT2D eigenvalue weighted by Gasteiger charge is 2.31. The van der Waals surface area contributed by atoms with Crippen LogP contribution in [0, 0.1) is 6.92 Å². The summed E-state index contributed by atoms with van der Waals surface area (Å²) in [6.07, 6.45) is 2.41. The Bertz CT molecular complexity index is 1080. The van der Waals surface area contributed by atoms with Gasteiger partial charge in [-0.2, -0.15) is 5.10 Å². The molecule has 136 valence electrons. The Morgan fingerprint density at radius 1 is 1.31 bits per heavy atom. The lowest BCUT2D eigenvalue weighted by Gasteiger charge is -2.14. The van der Waals surface area contributed by atoms with Crippen LogP contribution in [0.15, 0.2) is 42.6 Å². The van der Waals surface area contributed by atoms with Gasteiger partial charge in [0.1, 0.15) is 12.4 Å². The molecule has 26 heavy (non-hydrogen) atoms. The number of sulfone groups is 1. The van der Waals surface area contributed by atoms with Crippen LogP contribution >= 0.6 is 0 Å². The van der Waals surface area contributed by atoms with Crippen molar-refractivity contribution in [1.29, 1.82) is 0 Å². The van der Waals surface area contributed by atoms with E-state index in [1.165, 1.54) is 0 Å². The van der Waals surface area contributed by atoms with E-state index >= 15 is 0 Å². The van der Waals surface area contributed by atoms with Gasteiger partial charge in [-0.3, -0.25) is 4.79 Å². The quantitative estimate of drug-likeness (QED) is 0.760. The predicted molar refractivity (Wildman–Crippen MR) is 99.8 cm³/mol. The Morgan fingerprint density at radius 2 is 2.12 bits per heavy atom. The molecule has 0 radical (unpaired) electrons. The van der Waals surface area contributed by atoms with Gasteiger partial charge in [-0.05, 0) is 30.9 Å². The third kappa shape index (κ3) is 3.24. The zero-order valence-electron chi connectivity index (χ0n) is 14.4. The minimum atomic E-state index is -3.02. The minimum absolute atomic E-state index is 0.0687. The van der Waals surface area contributed by atoms with Crippen molar-refractivity contribution < 1.29 is 13.2 Å². The molecule has 7 nitrogen and oxygen atoms in total. The van der Waals surface area contributed by atoms with Crippen LogP contribution in [0.2, 0.25) is 0 Å². The number of nitrogens with zero attached hydrogens (tertiary/aromatic N) is 3. The van der Waals surface area contributed by atoms with Crippen LogP contribution in [0.25, 0.3) is 10.9 Å². The van der Waals surface area contributed by atoms with E-state index in [9.17, 15) is 13.2 Å². The molecule has 0 spiro atoms. The molecule has 0 bridgehead atoms. The van der Waals surface area contributed by atoms with Crippen molar-refractivity contribution in [3.05, 3.63) is 48.3 Å². The molecule has 1 aliphatic rings. The van der Waals surface area contributed by atoms with Crippen molar-refractivity contribution in [2.24, 2.45) is 0 Å². The Morgan fingerprint density at radius 3 is 2.88 bits per heavy atom. The number of hydrogen-bond donors (Lipinski definition) is 1. The summed E-state index contributed by atoms with van der Waals surface area (Å²) in [5, 5.41) is 8.35. The number of carbonyl (C=O) groups is 1. The molecule has 1 atom stereocenters. The number of hydrogen-bond acceptors (Lipinski definition) is 4. The summed E-state index contributed by atoms with van der Waals surface area (Å²) < 4.78 is 27.0. The van der Waals surface area contributed by atoms with Crippen LogP contribution in [0.1, 0.15) is 18.2 Å². The van der Waals surface area contributed by atoms with Crippen LogP contribution in [-0.4, -0.2) is 40.2 Å². The van der Waals surface area contributed by atoms with Gasteiger partial charge in [0.15, 0.2) is 9.84 Å². The second kappa shape index (κ2) is 6.28. The molecular formula is C18H20N4O3S. The summed E-state index contributed by atoms with van der Waals surface area (Å²) in [5.41, 5.74) is 1.74. The molecule has 1 N–H and O–H groups in total. The minimum Gasteiger partial charge on any atom is -0.338 e. The summed E-state index contributed by atoms with van der Waals surface area (Å²) in [5.74, 6) is 0.609. The predicted octanol–water partition coefficient (Wildman–Crippen LogP) is 2.14. The molecule has 2 aromatic heterocycles. The van der Waals surface area contributed by atoms with Gasteiger partial charge in [0, 0.05) is 17.8 Å². The lowest BCUT2D eigenvalue weighted by atomic mass is 10.2. The molecule has 1 aromatic carbocycles. The maximum atomic E-state index is 12.5. The largest absolute Gasteiger partial charge is 0.338 e. The van der Waals surface area contributed by atoms with Gasteiger partial charge < -0.3 is 9.88 Å². The summed E-state index contributed by atoms with van der Waals surface area (Å²) in [6.45, 7) is 2.01. The molecule has 1 aliphatic heterocycles. The first-order valence-corrected chi connectivity index (χ1v) is 10.3. The van der Waals surface area contributed by atoms with Crippen LogP contribution in [0.5, 0.6) is 0 Å². The molecule has 1 fully saturated rings. The van der Waals surface area contributed by atoms with E-state index in [4.69, 9.17) is 0 Å². The first-order chi connectivity index (χ1) is 12.4. The molecule has 0 aliphatic carbocycles. The van der Waals surface area contributed by atoms with Crippen molar-refractivity contribution in [3.63, 3.8) is 0 Å². The Balaban J connectivity index is 1.53. The molecule has 1 saturated heterocycles. The molecule has 4 rings (SSSR count). The van der Waals surface area contributed by atoms with E-state index in [1.807, 2.05) is 48.0 Å². The molecule has 1 amide bonds.